The third-order valence-corrected chi connectivity index (χ3v) is 4.74. The number of fused-ring (bicyclic) bond motifs is 1. The van der Waals surface area contributed by atoms with Gasteiger partial charge in [-0.1, -0.05) is 0 Å². The Morgan fingerprint density at radius 1 is 1.50 bits per heavy atom. The molecule has 24 heavy (non-hydrogen) atoms. The lowest BCUT2D eigenvalue weighted by Gasteiger charge is -2.44. The normalized spacial score (nSPS) is 23.5. The van der Waals surface area contributed by atoms with Crippen LogP contribution < -0.4 is 10.2 Å². The summed E-state index contributed by atoms with van der Waals surface area (Å²) in [6.45, 7) is 4.21. The van der Waals surface area contributed by atoms with Crippen molar-refractivity contribution < 1.29 is 9.90 Å². The summed E-state index contributed by atoms with van der Waals surface area (Å²) in [6.07, 6.45) is -0.0389. The number of amides is 1. The minimum absolute atomic E-state index is 0.0546. The molecule has 8 nitrogen and oxygen atoms in total. The Morgan fingerprint density at radius 3 is 3.00 bits per heavy atom. The summed E-state index contributed by atoms with van der Waals surface area (Å²) in [5.41, 5.74) is 1.95. The molecule has 3 heterocycles. The van der Waals surface area contributed by atoms with E-state index in [9.17, 15) is 9.90 Å². The van der Waals surface area contributed by atoms with Crippen molar-refractivity contribution in [2.75, 3.05) is 24.5 Å². The first-order valence-electron chi connectivity index (χ1n) is 7.90. The van der Waals surface area contributed by atoms with Crippen molar-refractivity contribution in [2.24, 2.45) is 0 Å². The molecule has 1 fully saturated rings. The van der Waals surface area contributed by atoms with E-state index in [0.717, 1.165) is 30.0 Å². The summed E-state index contributed by atoms with van der Waals surface area (Å²) in [5, 5.41) is 21.9. The van der Waals surface area contributed by atoms with Gasteiger partial charge in [0, 0.05) is 31.2 Å². The second-order valence-corrected chi connectivity index (χ2v) is 6.46. The largest absolute Gasteiger partial charge is 0.465 e. The number of nitrogens with one attached hydrogen (secondary N) is 1. The van der Waals surface area contributed by atoms with Crippen LogP contribution in [0.2, 0.25) is 5.28 Å². The Hall–Kier alpha value is -2.11. The highest BCUT2D eigenvalue weighted by atomic mass is 35.5. The van der Waals surface area contributed by atoms with Crippen molar-refractivity contribution in [1.29, 1.82) is 5.26 Å². The average molecular weight is 351 g/mol. The van der Waals surface area contributed by atoms with Crippen LogP contribution in [0.25, 0.3) is 0 Å². The molecule has 3 rings (SSSR count). The molecule has 0 spiro atoms. The topological polar surface area (TPSA) is 105 Å². The number of halogens is 1. The second kappa shape index (κ2) is 6.79. The van der Waals surface area contributed by atoms with Gasteiger partial charge < -0.3 is 20.2 Å². The lowest BCUT2D eigenvalue weighted by molar-refractivity contribution is 0.110. The number of anilines is 1. The molecule has 1 aromatic heterocycles. The highest BCUT2D eigenvalue weighted by molar-refractivity contribution is 6.28. The van der Waals surface area contributed by atoms with Gasteiger partial charge in [-0.05, 0) is 31.5 Å². The molecule has 2 aliphatic rings. The monoisotopic (exact) mass is 350 g/mol. The molecule has 0 aliphatic carbocycles. The number of hydrogen-bond donors (Lipinski definition) is 2. The molecule has 0 radical (unpaired) electrons. The van der Waals surface area contributed by atoms with Gasteiger partial charge in [-0.2, -0.15) is 5.26 Å². The Labute approximate surface area is 145 Å². The van der Waals surface area contributed by atoms with Crippen molar-refractivity contribution in [2.45, 2.75) is 38.4 Å². The van der Waals surface area contributed by atoms with Gasteiger partial charge in [-0.15, -0.1) is 0 Å². The van der Waals surface area contributed by atoms with Crippen molar-refractivity contribution in [3.63, 3.8) is 0 Å². The van der Waals surface area contributed by atoms with Gasteiger partial charge in [0.25, 0.3) is 0 Å². The summed E-state index contributed by atoms with van der Waals surface area (Å²) in [5.74, 6) is 0.770. The minimum atomic E-state index is -0.992. The van der Waals surface area contributed by atoms with Crippen molar-refractivity contribution >= 4 is 23.5 Å². The summed E-state index contributed by atoms with van der Waals surface area (Å²) in [6, 6.07) is 1.65. The molecule has 0 aromatic carbocycles. The number of carboxylic acid groups (broad SMARTS) is 1. The van der Waals surface area contributed by atoms with E-state index < -0.39 is 6.09 Å². The van der Waals surface area contributed by atoms with E-state index in [-0.39, 0.29) is 23.8 Å². The molecular formula is C15H19ClN6O2. The summed E-state index contributed by atoms with van der Waals surface area (Å²) < 4.78 is 0. The van der Waals surface area contributed by atoms with Gasteiger partial charge in [0.1, 0.15) is 5.82 Å². The zero-order valence-electron chi connectivity index (χ0n) is 13.4. The Bertz CT molecular complexity index is 691. The maximum absolute atomic E-state index is 11.5. The van der Waals surface area contributed by atoms with Crippen LogP contribution in [0.5, 0.6) is 0 Å². The summed E-state index contributed by atoms with van der Waals surface area (Å²) >= 11 is 6.09. The SMILES string of the molecule is C[C@H]1CN(C(=O)O)[C@@H](CC#N)CN1c1nc(Cl)nc2c1CCNC2. The van der Waals surface area contributed by atoms with Crippen LogP contribution >= 0.6 is 11.6 Å². The zero-order chi connectivity index (χ0) is 17.3. The van der Waals surface area contributed by atoms with Crippen LogP contribution in [0.4, 0.5) is 10.6 Å². The van der Waals surface area contributed by atoms with Gasteiger partial charge in [0.15, 0.2) is 0 Å². The van der Waals surface area contributed by atoms with E-state index >= 15 is 0 Å². The molecular weight excluding hydrogens is 332 g/mol. The van der Waals surface area contributed by atoms with Crippen molar-refractivity contribution in [3.8, 4) is 6.07 Å². The predicted molar refractivity (Wildman–Crippen MR) is 88.0 cm³/mol. The van der Waals surface area contributed by atoms with Crippen molar-refractivity contribution in [1.82, 2.24) is 20.2 Å². The molecule has 1 aromatic rings. The summed E-state index contributed by atoms with van der Waals surface area (Å²) in [4.78, 5) is 23.6. The van der Waals surface area contributed by atoms with Crippen LogP contribution in [0, 0.1) is 11.3 Å². The van der Waals surface area contributed by atoms with Gasteiger partial charge in [0.05, 0.1) is 24.2 Å². The van der Waals surface area contributed by atoms with E-state index in [0.29, 0.717) is 19.6 Å². The van der Waals surface area contributed by atoms with E-state index in [2.05, 4.69) is 26.3 Å². The van der Waals surface area contributed by atoms with E-state index in [1.807, 2.05) is 6.92 Å². The first-order valence-corrected chi connectivity index (χ1v) is 8.28. The molecule has 128 valence electrons. The predicted octanol–water partition coefficient (Wildman–Crippen LogP) is 1.25. The fraction of sp³-hybridized carbons (Fsp3) is 0.600. The molecule has 1 saturated heterocycles. The molecule has 0 saturated carbocycles. The average Bonchev–Trinajstić information content (AvgIpc) is 2.55. The highest BCUT2D eigenvalue weighted by Crippen LogP contribution is 2.30. The van der Waals surface area contributed by atoms with Crippen LogP contribution in [0.15, 0.2) is 0 Å². The number of aromatic nitrogens is 2. The third-order valence-electron chi connectivity index (χ3n) is 4.57. The Morgan fingerprint density at radius 2 is 2.29 bits per heavy atom. The van der Waals surface area contributed by atoms with Gasteiger partial charge in [-0.25, -0.2) is 14.8 Å². The standard InChI is InChI=1S/C15H19ClN6O2/c1-9-7-22(15(23)24)10(2-4-17)8-21(9)13-11-3-5-18-6-12(11)19-14(16)20-13/h9-10,18H,2-3,5-8H2,1H3,(H,23,24)/t9-,10-/m0/s1. The minimum Gasteiger partial charge on any atom is -0.465 e. The van der Waals surface area contributed by atoms with Gasteiger partial charge in [0.2, 0.25) is 5.28 Å². The fourth-order valence-electron chi connectivity index (χ4n) is 3.40. The number of hydrogen-bond acceptors (Lipinski definition) is 6. The van der Waals surface area contributed by atoms with E-state index in [1.54, 1.807) is 0 Å². The zero-order valence-corrected chi connectivity index (χ0v) is 14.1. The van der Waals surface area contributed by atoms with Crippen LogP contribution in [0.1, 0.15) is 24.6 Å². The van der Waals surface area contributed by atoms with E-state index in [4.69, 9.17) is 16.9 Å². The number of nitriles is 1. The third kappa shape index (κ3) is 3.09. The van der Waals surface area contributed by atoms with E-state index in [1.165, 1.54) is 4.90 Å². The lowest BCUT2D eigenvalue weighted by Crippen LogP contribution is -2.59. The van der Waals surface area contributed by atoms with Crippen molar-refractivity contribution in [3.05, 3.63) is 16.5 Å². The van der Waals surface area contributed by atoms with Crippen LogP contribution in [0.3, 0.4) is 0 Å². The molecule has 2 aliphatic heterocycles. The molecule has 9 heteroatoms. The molecule has 2 atom stereocenters. The second-order valence-electron chi connectivity index (χ2n) is 6.12. The van der Waals surface area contributed by atoms with Gasteiger partial charge in [-0.3, -0.25) is 0 Å². The number of carbonyl (C=O) groups is 1. The molecule has 2 N–H and O–H groups in total. The lowest BCUT2D eigenvalue weighted by atomic mass is 10.0. The Kier molecular flexibility index (Phi) is 4.73. The Balaban J connectivity index is 1.96. The van der Waals surface area contributed by atoms with Gasteiger partial charge >= 0.3 is 6.09 Å². The number of rotatable bonds is 2. The van der Waals surface area contributed by atoms with Crippen LogP contribution in [-0.2, 0) is 13.0 Å². The molecule has 0 unspecified atom stereocenters. The highest BCUT2D eigenvalue weighted by Gasteiger charge is 2.36. The molecule has 0 bridgehead atoms. The fourth-order valence-corrected chi connectivity index (χ4v) is 3.58. The number of piperazine rings is 1. The first-order chi connectivity index (χ1) is 11.5. The number of nitrogens with zero attached hydrogens (tertiary/aromatic N) is 5. The van der Waals surface area contributed by atoms with Crippen LogP contribution in [-0.4, -0.2) is 57.8 Å². The maximum atomic E-state index is 11.5. The summed E-state index contributed by atoms with van der Waals surface area (Å²) in [7, 11) is 0. The first kappa shape index (κ1) is 16.7. The maximum Gasteiger partial charge on any atom is 0.407 e. The molecule has 1 amide bonds. The quantitative estimate of drug-likeness (QED) is 0.773. The smallest absolute Gasteiger partial charge is 0.407 e.